The summed E-state index contributed by atoms with van der Waals surface area (Å²) in [5.74, 6) is -0.483. The summed E-state index contributed by atoms with van der Waals surface area (Å²) in [6.07, 6.45) is -4.51. The molecule has 3 rings (SSSR count). The van der Waals surface area contributed by atoms with E-state index in [1.165, 1.54) is 22.9 Å². The molecule has 2 aromatic carbocycles. The van der Waals surface area contributed by atoms with E-state index >= 15 is 0 Å². The molecular weight excluding hydrogens is 361 g/mol. The smallest absolute Gasteiger partial charge is 0.324 e. The van der Waals surface area contributed by atoms with Crippen molar-refractivity contribution in [2.75, 3.05) is 18.9 Å². The molecule has 0 spiro atoms. The molecule has 0 aliphatic carbocycles. The molecule has 0 aliphatic heterocycles. The number of halogens is 3. The van der Waals surface area contributed by atoms with Gasteiger partial charge in [-0.2, -0.15) is 13.2 Å². The molecular formula is C19H17F3N2OS. The number of hydrogen-bond donors (Lipinski definition) is 1. The summed E-state index contributed by atoms with van der Waals surface area (Å²) >= 11 is 1.63. The molecule has 1 amide bonds. The second-order valence-electron chi connectivity index (χ2n) is 6.02. The Hall–Kier alpha value is -2.38. The maximum absolute atomic E-state index is 13.0. The number of hydrogen-bond acceptors (Lipinski definition) is 3. The Balaban J connectivity index is 1.65. The molecule has 1 heterocycles. The summed E-state index contributed by atoms with van der Waals surface area (Å²) in [6, 6.07) is 13.0. The fraction of sp³-hybridized carbons (Fsp3) is 0.211. The van der Waals surface area contributed by atoms with Crippen LogP contribution >= 0.6 is 11.3 Å². The van der Waals surface area contributed by atoms with E-state index in [4.69, 9.17) is 0 Å². The first-order valence-corrected chi connectivity index (χ1v) is 8.82. The molecule has 0 unspecified atom stereocenters. The van der Waals surface area contributed by atoms with Crippen molar-refractivity contribution in [3.63, 3.8) is 0 Å². The summed E-state index contributed by atoms with van der Waals surface area (Å²) in [6.45, 7) is 0.536. The zero-order chi connectivity index (χ0) is 18.7. The van der Waals surface area contributed by atoms with Gasteiger partial charge in [-0.05, 0) is 41.6 Å². The number of anilines is 1. The van der Waals surface area contributed by atoms with Crippen molar-refractivity contribution in [3.8, 4) is 0 Å². The van der Waals surface area contributed by atoms with Gasteiger partial charge in [0.2, 0.25) is 5.91 Å². The van der Waals surface area contributed by atoms with Gasteiger partial charge in [0, 0.05) is 11.2 Å². The largest absolute Gasteiger partial charge is 0.418 e. The van der Waals surface area contributed by atoms with E-state index in [0.29, 0.717) is 6.54 Å². The summed E-state index contributed by atoms with van der Waals surface area (Å²) in [5, 5.41) is 5.54. The van der Waals surface area contributed by atoms with Crippen molar-refractivity contribution < 1.29 is 18.0 Å². The lowest BCUT2D eigenvalue weighted by molar-refractivity contribution is -0.137. The second-order valence-corrected chi connectivity index (χ2v) is 6.93. The van der Waals surface area contributed by atoms with E-state index in [0.717, 1.165) is 17.0 Å². The number of likely N-dealkylation sites (N-methyl/N-ethyl adjacent to an activating group) is 1. The van der Waals surface area contributed by atoms with Gasteiger partial charge < -0.3 is 5.32 Å². The minimum Gasteiger partial charge on any atom is -0.324 e. The Morgan fingerprint density at radius 3 is 2.58 bits per heavy atom. The fourth-order valence-corrected chi connectivity index (χ4v) is 3.73. The summed E-state index contributed by atoms with van der Waals surface area (Å²) < 4.78 is 40.2. The van der Waals surface area contributed by atoms with Crippen LogP contribution in [0.2, 0.25) is 0 Å². The quantitative estimate of drug-likeness (QED) is 0.678. The molecule has 0 bridgehead atoms. The van der Waals surface area contributed by atoms with Gasteiger partial charge in [-0.3, -0.25) is 9.69 Å². The zero-order valence-electron chi connectivity index (χ0n) is 14.0. The van der Waals surface area contributed by atoms with Crippen LogP contribution < -0.4 is 5.32 Å². The predicted octanol–water partition coefficient (Wildman–Crippen LogP) is 4.99. The highest BCUT2D eigenvalue weighted by Gasteiger charge is 2.33. The number of carbonyl (C=O) groups excluding carboxylic acids is 1. The normalized spacial score (nSPS) is 11.9. The Labute approximate surface area is 153 Å². The molecule has 3 aromatic rings. The topological polar surface area (TPSA) is 32.3 Å². The highest BCUT2D eigenvalue weighted by Crippen LogP contribution is 2.34. The molecule has 0 saturated carbocycles. The number of benzene rings is 2. The first kappa shape index (κ1) is 18.4. The van der Waals surface area contributed by atoms with Gasteiger partial charge in [-0.1, -0.05) is 30.3 Å². The molecule has 7 heteroatoms. The number of para-hydroxylation sites is 1. The highest BCUT2D eigenvalue weighted by molar-refractivity contribution is 7.17. The van der Waals surface area contributed by atoms with Gasteiger partial charge in [0.05, 0.1) is 17.8 Å². The van der Waals surface area contributed by atoms with E-state index in [-0.39, 0.29) is 12.2 Å². The van der Waals surface area contributed by atoms with Crippen molar-refractivity contribution in [2.24, 2.45) is 0 Å². The minimum absolute atomic E-state index is 0.00361. The Bertz CT molecular complexity index is 920. The van der Waals surface area contributed by atoms with Crippen LogP contribution in [0.4, 0.5) is 18.9 Å². The van der Waals surface area contributed by atoms with Crippen molar-refractivity contribution in [1.82, 2.24) is 4.90 Å². The fourth-order valence-electron chi connectivity index (χ4n) is 2.78. The molecule has 136 valence electrons. The van der Waals surface area contributed by atoms with Crippen LogP contribution in [-0.2, 0) is 17.5 Å². The van der Waals surface area contributed by atoms with Gasteiger partial charge in [0.1, 0.15) is 0 Å². The van der Waals surface area contributed by atoms with Gasteiger partial charge in [0.15, 0.2) is 0 Å². The van der Waals surface area contributed by atoms with Crippen molar-refractivity contribution in [3.05, 3.63) is 65.0 Å². The monoisotopic (exact) mass is 378 g/mol. The molecule has 0 aliphatic rings. The maximum atomic E-state index is 13.0. The number of thiophene rings is 1. The number of nitrogens with zero attached hydrogens (tertiary/aromatic N) is 1. The van der Waals surface area contributed by atoms with Gasteiger partial charge >= 0.3 is 6.18 Å². The molecule has 1 aromatic heterocycles. The first-order chi connectivity index (χ1) is 12.3. The molecule has 26 heavy (non-hydrogen) atoms. The lowest BCUT2D eigenvalue weighted by Gasteiger charge is -2.18. The van der Waals surface area contributed by atoms with Crippen molar-refractivity contribution >= 4 is 33.0 Å². The van der Waals surface area contributed by atoms with Crippen LogP contribution in [0.3, 0.4) is 0 Å². The molecule has 3 nitrogen and oxygen atoms in total. The second kappa shape index (κ2) is 7.47. The van der Waals surface area contributed by atoms with Crippen molar-refractivity contribution in [2.45, 2.75) is 12.7 Å². The average Bonchev–Trinajstić information content (AvgIpc) is 2.97. The van der Waals surface area contributed by atoms with E-state index in [1.807, 2.05) is 29.6 Å². The third kappa shape index (κ3) is 4.23. The van der Waals surface area contributed by atoms with Crippen LogP contribution in [0, 0.1) is 0 Å². The number of amides is 1. The lowest BCUT2D eigenvalue weighted by Crippen LogP contribution is -2.30. The van der Waals surface area contributed by atoms with E-state index in [1.54, 1.807) is 23.3 Å². The van der Waals surface area contributed by atoms with Crippen molar-refractivity contribution in [1.29, 1.82) is 0 Å². The van der Waals surface area contributed by atoms with Crippen LogP contribution in [0.25, 0.3) is 10.1 Å². The molecule has 0 atom stereocenters. The SMILES string of the molecule is CN(CC(=O)Nc1ccccc1C(F)(F)F)Cc1csc2ccccc12. The number of alkyl halides is 3. The number of rotatable bonds is 5. The average molecular weight is 378 g/mol. The number of carbonyl (C=O) groups is 1. The van der Waals surface area contributed by atoms with E-state index in [9.17, 15) is 18.0 Å². The van der Waals surface area contributed by atoms with E-state index in [2.05, 4.69) is 5.32 Å². The number of fused-ring (bicyclic) bond motifs is 1. The summed E-state index contributed by atoms with van der Waals surface area (Å²) in [5.41, 5.74) is 0.0239. The van der Waals surface area contributed by atoms with Gasteiger partial charge in [0.25, 0.3) is 0 Å². The molecule has 1 N–H and O–H groups in total. The van der Waals surface area contributed by atoms with Crippen LogP contribution in [-0.4, -0.2) is 24.4 Å². The minimum atomic E-state index is -4.51. The summed E-state index contributed by atoms with van der Waals surface area (Å²) in [7, 11) is 1.77. The van der Waals surface area contributed by atoms with Crippen LogP contribution in [0.1, 0.15) is 11.1 Å². The van der Waals surface area contributed by atoms with Gasteiger partial charge in [-0.15, -0.1) is 11.3 Å². The standard InChI is InChI=1S/C19H17F3N2OS/c1-24(10-13-12-26-17-9-5-2-6-14(13)17)11-18(25)23-16-8-4-3-7-15(16)19(20,21)22/h2-9,12H,10-11H2,1H3,(H,23,25). The molecule has 0 radical (unpaired) electrons. The zero-order valence-corrected chi connectivity index (χ0v) is 14.8. The lowest BCUT2D eigenvalue weighted by atomic mass is 10.1. The van der Waals surface area contributed by atoms with Gasteiger partial charge in [-0.25, -0.2) is 0 Å². The van der Waals surface area contributed by atoms with Crippen LogP contribution in [0.5, 0.6) is 0 Å². The third-order valence-electron chi connectivity index (χ3n) is 3.92. The Morgan fingerprint density at radius 2 is 1.81 bits per heavy atom. The predicted molar refractivity (Wildman–Crippen MR) is 98.2 cm³/mol. The summed E-state index contributed by atoms with van der Waals surface area (Å²) in [4.78, 5) is 14.0. The maximum Gasteiger partial charge on any atom is 0.418 e. The highest BCUT2D eigenvalue weighted by atomic mass is 32.1. The van der Waals surface area contributed by atoms with Crippen LogP contribution in [0.15, 0.2) is 53.9 Å². The molecule has 0 fully saturated rings. The Morgan fingerprint density at radius 1 is 1.12 bits per heavy atom. The Kier molecular flexibility index (Phi) is 5.29. The van der Waals surface area contributed by atoms with E-state index < -0.39 is 17.6 Å². The third-order valence-corrected chi connectivity index (χ3v) is 4.93. The first-order valence-electron chi connectivity index (χ1n) is 7.94. The molecule has 0 saturated heterocycles. The number of nitrogens with one attached hydrogen (secondary N) is 1.